The molecule has 1 unspecified atom stereocenters. The fourth-order valence-electron chi connectivity index (χ4n) is 3.71. The summed E-state index contributed by atoms with van der Waals surface area (Å²) in [6.07, 6.45) is 4.74. The van der Waals surface area contributed by atoms with Gasteiger partial charge >= 0.3 is 0 Å². The van der Waals surface area contributed by atoms with Gasteiger partial charge in [0.15, 0.2) is 0 Å². The number of halogens is 1. The van der Waals surface area contributed by atoms with Crippen LogP contribution < -0.4 is 10.0 Å². The van der Waals surface area contributed by atoms with Gasteiger partial charge in [0, 0.05) is 31.3 Å². The summed E-state index contributed by atoms with van der Waals surface area (Å²) < 4.78 is 60.9. The molecule has 0 spiro atoms. The standard InChI is InChI=1S/C27H33FN4O5S2.C2H6/c1-4-5-12-23-24(26(33)29-2)25(20-13-15-21(28)16-14-20)37-27(23)30-19-32(39(3,35)36)18-9-17-31-38(34)22-10-7-6-8-11-22;1-2/h6-8,10-16,31H,4-5,9,17-19H2,1-3H3,(H,29,33);1-2H3/b23-12-,30-27+;. The van der Waals surface area contributed by atoms with Gasteiger partial charge in [-0.1, -0.05) is 51.5 Å². The summed E-state index contributed by atoms with van der Waals surface area (Å²) in [6, 6.07) is 14.4. The number of nitrogens with one attached hydrogen (secondary N) is 2. The fourth-order valence-corrected chi connectivity index (χ4v) is 5.34. The van der Waals surface area contributed by atoms with E-state index in [0.29, 0.717) is 35.4 Å². The van der Waals surface area contributed by atoms with Gasteiger partial charge in [0.05, 0.1) is 16.7 Å². The third-order valence-corrected chi connectivity index (χ3v) is 8.14. The van der Waals surface area contributed by atoms with E-state index >= 15 is 0 Å². The van der Waals surface area contributed by atoms with Crippen LogP contribution in [0.25, 0.3) is 5.76 Å². The van der Waals surface area contributed by atoms with Gasteiger partial charge in [-0.25, -0.2) is 26.7 Å². The summed E-state index contributed by atoms with van der Waals surface area (Å²) in [5, 5.41) is 2.60. The third kappa shape index (κ3) is 9.99. The predicted molar refractivity (Wildman–Crippen MR) is 162 cm³/mol. The number of carbonyl (C=O) groups excluding carboxylic acids is 1. The predicted octanol–water partition coefficient (Wildman–Crippen LogP) is 4.39. The second kappa shape index (κ2) is 16.9. The SMILES string of the molecule is CC.CCC/C=C1/C(C(=O)NC)=C(c2ccc(F)cc2)O/C1=N/CN(CCCNS(=O)c1ccccc1)S(C)(=O)=O. The Bertz CT molecular complexity index is 1380. The lowest BCUT2D eigenvalue weighted by atomic mass is 10.0. The van der Waals surface area contributed by atoms with Crippen molar-refractivity contribution < 1.29 is 26.5 Å². The Morgan fingerprint density at radius 1 is 1.12 bits per heavy atom. The monoisotopic (exact) mass is 606 g/mol. The Kier molecular flexibility index (Phi) is 14.0. The number of ether oxygens (including phenoxy) is 1. The zero-order valence-electron chi connectivity index (χ0n) is 24.1. The van der Waals surface area contributed by atoms with Crippen LogP contribution in [0.1, 0.15) is 45.6 Å². The molecule has 1 heterocycles. The Morgan fingerprint density at radius 3 is 2.37 bits per heavy atom. The number of rotatable bonds is 13. The molecule has 9 nitrogen and oxygen atoms in total. The van der Waals surface area contributed by atoms with E-state index in [9.17, 15) is 21.8 Å². The lowest BCUT2D eigenvalue weighted by molar-refractivity contribution is -0.116. The van der Waals surface area contributed by atoms with E-state index in [2.05, 4.69) is 15.0 Å². The van der Waals surface area contributed by atoms with Crippen LogP contribution in [-0.4, -0.2) is 61.8 Å². The second-order valence-electron chi connectivity index (χ2n) is 8.67. The summed E-state index contributed by atoms with van der Waals surface area (Å²) in [5.74, 6) is -0.507. The number of carbonyl (C=O) groups is 1. The van der Waals surface area contributed by atoms with Gasteiger partial charge < -0.3 is 10.1 Å². The molecule has 12 heteroatoms. The summed E-state index contributed by atoms with van der Waals surface area (Å²) >= 11 is 0. The Labute approximate surface area is 245 Å². The highest BCUT2D eigenvalue weighted by atomic mass is 32.2. The highest BCUT2D eigenvalue weighted by Gasteiger charge is 2.33. The third-order valence-electron chi connectivity index (χ3n) is 5.74. The molecule has 41 heavy (non-hydrogen) atoms. The Morgan fingerprint density at radius 2 is 1.78 bits per heavy atom. The first kappa shape index (κ1) is 34.0. The maximum Gasteiger partial charge on any atom is 0.255 e. The molecule has 3 rings (SSSR count). The van der Waals surface area contributed by atoms with Crippen molar-refractivity contribution in [3.8, 4) is 0 Å². The molecule has 1 amide bonds. The van der Waals surface area contributed by atoms with Gasteiger partial charge in [-0.05, 0) is 49.2 Å². The molecule has 0 bridgehead atoms. The molecular formula is C29H39FN4O5S2. The zero-order valence-corrected chi connectivity index (χ0v) is 25.8. The van der Waals surface area contributed by atoms with E-state index in [4.69, 9.17) is 4.74 Å². The van der Waals surface area contributed by atoms with E-state index < -0.39 is 32.7 Å². The lowest BCUT2D eigenvalue weighted by Gasteiger charge is -2.18. The van der Waals surface area contributed by atoms with Gasteiger partial charge in [0.25, 0.3) is 5.91 Å². The molecule has 1 aliphatic rings. The summed E-state index contributed by atoms with van der Waals surface area (Å²) in [7, 11) is -3.55. The van der Waals surface area contributed by atoms with E-state index in [1.807, 2.05) is 32.9 Å². The number of aliphatic imine (C=N–C) groups is 1. The van der Waals surface area contributed by atoms with Crippen LogP contribution in [-0.2, 0) is 30.5 Å². The number of sulfonamides is 1. The first-order valence-electron chi connectivity index (χ1n) is 13.5. The van der Waals surface area contributed by atoms with Gasteiger partial charge in [0.1, 0.15) is 29.2 Å². The van der Waals surface area contributed by atoms with Crippen LogP contribution in [0.5, 0.6) is 0 Å². The molecule has 2 aromatic rings. The minimum Gasteiger partial charge on any atom is -0.437 e. The molecule has 0 radical (unpaired) electrons. The molecule has 0 fully saturated rings. The molecule has 0 saturated heterocycles. The van der Waals surface area contributed by atoms with E-state index in [1.54, 1.807) is 24.3 Å². The minimum absolute atomic E-state index is 0.110. The molecule has 0 saturated carbocycles. The van der Waals surface area contributed by atoms with Crippen molar-refractivity contribution in [3.05, 3.63) is 83.2 Å². The normalized spacial score (nSPS) is 16.0. The van der Waals surface area contributed by atoms with Crippen molar-refractivity contribution in [2.75, 3.05) is 33.1 Å². The number of nitrogens with zero attached hydrogens (tertiary/aromatic N) is 2. The number of hydrogen-bond acceptors (Lipinski definition) is 6. The largest absolute Gasteiger partial charge is 0.437 e. The fraction of sp³-hybridized carbons (Fsp3) is 0.379. The lowest BCUT2D eigenvalue weighted by Crippen LogP contribution is -2.33. The summed E-state index contributed by atoms with van der Waals surface area (Å²) in [4.78, 5) is 17.9. The number of benzene rings is 2. The van der Waals surface area contributed by atoms with E-state index in [1.165, 1.54) is 35.6 Å². The maximum absolute atomic E-state index is 13.5. The topological polar surface area (TPSA) is 117 Å². The number of amides is 1. The molecule has 1 atom stereocenters. The van der Waals surface area contributed by atoms with Crippen LogP contribution in [0.3, 0.4) is 0 Å². The van der Waals surface area contributed by atoms with Crippen LogP contribution >= 0.6 is 0 Å². The van der Waals surface area contributed by atoms with Gasteiger partial charge in [-0.3, -0.25) is 4.79 Å². The van der Waals surface area contributed by atoms with Crippen molar-refractivity contribution in [1.29, 1.82) is 0 Å². The second-order valence-corrected chi connectivity index (χ2v) is 12.0. The first-order chi connectivity index (χ1) is 19.7. The minimum atomic E-state index is -3.64. The summed E-state index contributed by atoms with van der Waals surface area (Å²) in [5.41, 5.74) is 1.18. The Balaban J connectivity index is 0.00000287. The number of likely N-dealkylation sites (N-methyl/N-ethyl adjacent to an activating group) is 1. The summed E-state index contributed by atoms with van der Waals surface area (Å²) in [6.45, 7) is 6.19. The quantitative estimate of drug-likeness (QED) is 0.328. The van der Waals surface area contributed by atoms with Crippen LogP contribution in [0.2, 0.25) is 0 Å². The van der Waals surface area contributed by atoms with Crippen LogP contribution in [0.4, 0.5) is 4.39 Å². The van der Waals surface area contributed by atoms with Gasteiger partial charge in [0.2, 0.25) is 15.9 Å². The number of unbranched alkanes of at least 4 members (excludes halogenated alkanes) is 1. The van der Waals surface area contributed by atoms with Crippen molar-refractivity contribution in [2.45, 2.75) is 44.9 Å². The van der Waals surface area contributed by atoms with Crippen LogP contribution in [0.15, 0.2) is 81.7 Å². The first-order valence-corrected chi connectivity index (χ1v) is 16.5. The van der Waals surface area contributed by atoms with Gasteiger partial charge in [-0.2, -0.15) is 4.31 Å². The Hall–Kier alpha value is -3.19. The average Bonchev–Trinajstić information content (AvgIpc) is 3.34. The highest BCUT2D eigenvalue weighted by Crippen LogP contribution is 2.35. The van der Waals surface area contributed by atoms with Gasteiger partial charge in [-0.15, -0.1) is 0 Å². The van der Waals surface area contributed by atoms with Crippen molar-refractivity contribution in [2.24, 2.45) is 4.99 Å². The van der Waals surface area contributed by atoms with Crippen molar-refractivity contribution >= 4 is 38.6 Å². The van der Waals surface area contributed by atoms with E-state index in [-0.39, 0.29) is 30.4 Å². The molecule has 0 aliphatic carbocycles. The van der Waals surface area contributed by atoms with E-state index in [0.717, 1.165) is 12.7 Å². The van der Waals surface area contributed by atoms with Crippen molar-refractivity contribution in [1.82, 2.24) is 14.3 Å². The highest BCUT2D eigenvalue weighted by molar-refractivity contribution is 7.88. The molecule has 0 aromatic heterocycles. The average molecular weight is 607 g/mol. The molecule has 1 aliphatic heterocycles. The molecule has 2 N–H and O–H groups in total. The maximum atomic E-state index is 13.5. The molecular weight excluding hydrogens is 567 g/mol. The molecule has 2 aromatic carbocycles. The number of allylic oxidation sites excluding steroid dienone is 1. The molecule has 224 valence electrons. The van der Waals surface area contributed by atoms with Crippen LogP contribution in [0, 0.1) is 5.82 Å². The smallest absolute Gasteiger partial charge is 0.255 e. The van der Waals surface area contributed by atoms with Crippen molar-refractivity contribution in [3.63, 3.8) is 0 Å². The zero-order chi connectivity index (χ0) is 30.4. The number of hydrogen-bond donors (Lipinski definition) is 2.